The molecule has 0 aromatic heterocycles. The zero-order chi connectivity index (χ0) is 24.2. The number of carbonyl (C=O) groups is 1. The molecule has 1 heterocycles. The van der Waals surface area contributed by atoms with Gasteiger partial charge in [-0.05, 0) is 31.0 Å². The first-order valence-electron chi connectivity index (χ1n) is 11.4. The summed E-state index contributed by atoms with van der Waals surface area (Å²) in [7, 11) is -0.0119. The SMILES string of the molecule is CCCC[C@]1(CC)CN(c2ccccc2)c2cc(N(C)C)c(OCC(=O)O)cc2S(=O)(=O)C1. The number of nitrogens with zero attached hydrogens (tertiary/aromatic N) is 2. The summed E-state index contributed by atoms with van der Waals surface area (Å²) in [6.45, 7) is 4.23. The number of benzene rings is 2. The molecule has 0 spiro atoms. The smallest absolute Gasteiger partial charge is 0.341 e. The molecule has 0 saturated heterocycles. The maximum atomic E-state index is 13.8. The van der Waals surface area contributed by atoms with E-state index in [1.54, 1.807) is 0 Å². The van der Waals surface area contributed by atoms with Crippen LogP contribution in [0, 0.1) is 5.41 Å². The van der Waals surface area contributed by atoms with Gasteiger partial charge < -0.3 is 19.6 Å². The van der Waals surface area contributed by atoms with Crippen molar-refractivity contribution in [1.82, 2.24) is 0 Å². The zero-order valence-electron chi connectivity index (χ0n) is 19.9. The van der Waals surface area contributed by atoms with Crippen LogP contribution in [0.15, 0.2) is 47.4 Å². The highest BCUT2D eigenvalue weighted by atomic mass is 32.2. The zero-order valence-corrected chi connectivity index (χ0v) is 20.7. The summed E-state index contributed by atoms with van der Waals surface area (Å²) in [6.07, 6.45) is 3.52. The molecule has 33 heavy (non-hydrogen) atoms. The summed E-state index contributed by atoms with van der Waals surface area (Å²) in [5.41, 5.74) is 1.75. The van der Waals surface area contributed by atoms with E-state index in [2.05, 4.69) is 18.7 Å². The van der Waals surface area contributed by atoms with Gasteiger partial charge in [0.15, 0.2) is 16.4 Å². The standard InChI is InChI=1S/C25H34N2O5S/c1-5-7-13-25(6-2)17-27(19-11-9-8-10-12-19)21-14-20(26(3)4)22(32-16-24(28)29)15-23(21)33(30,31)18-25/h8-12,14-15H,5-7,13,16-18H2,1-4H3,(H,28,29)/t25-/m1/s1. The van der Waals surface area contributed by atoms with Crippen molar-refractivity contribution in [3.05, 3.63) is 42.5 Å². The molecule has 0 radical (unpaired) electrons. The Morgan fingerprint density at radius 3 is 2.45 bits per heavy atom. The lowest BCUT2D eigenvalue weighted by molar-refractivity contribution is -0.139. The maximum absolute atomic E-state index is 13.8. The van der Waals surface area contributed by atoms with E-state index in [0.717, 1.165) is 31.4 Å². The predicted octanol–water partition coefficient (Wildman–Crippen LogP) is 4.73. The van der Waals surface area contributed by atoms with Gasteiger partial charge in [0.2, 0.25) is 0 Å². The molecular formula is C25H34N2O5S. The largest absolute Gasteiger partial charge is 0.480 e. The molecule has 2 aromatic rings. The number of carboxylic acid groups (broad SMARTS) is 1. The van der Waals surface area contributed by atoms with Crippen molar-refractivity contribution in [2.75, 3.05) is 42.8 Å². The average molecular weight is 475 g/mol. The summed E-state index contributed by atoms with van der Waals surface area (Å²) < 4.78 is 33.1. The molecule has 0 amide bonds. The predicted molar refractivity (Wildman–Crippen MR) is 132 cm³/mol. The van der Waals surface area contributed by atoms with Crippen molar-refractivity contribution in [2.24, 2.45) is 5.41 Å². The van der Waals surface area contributed by atoms with Gasteiger partial charge >= 0.3 is 5.97 Å². The number of anilines is 3. The summed E-state index contributed by atoms with van der Waals surface area (Å²) in [5.74, 6) is -0.824. The van der Waals surface area contributed by atoms with Crippen LogP contribution >= 0.6 is 0 Å². The molecule has 8 heteroatoms. The highest BCUT2D eigenvalue weighted by Gasteiger charge is 2.42. The van der Waals surface area contributed by atoms with Gasteiger partial charge in [-0.2, -0.15) is 0 Å². The van der Waals surface area contributed by atoms with E-state index in [1.165, 1.54) is 6.07 Å². The fraction of sp³-hybridized carbons (Fsp3) is 0.480. The van der Waals surface area contributed by atoms with Crippen molar-refractivity contribution in [3.63, 3.8) is 0 Å². The minimum absolute atomic E-state index is 0.0481. The van der Waals surface area contributed by atoms with E-state index >= 15 is 0 Å². The van der Waals surface area contributed by atoms with Gasteiger partial charge in [-0.3, -0.25) is 0 Å². The molecule has 1 aliphatic rings. The Bertz CT molecular complexity index is 1090. The monoisotopic (exact) mass is 474 g/mol. The van der Waals surface area contributed by atoms with Crippen LogP contribution in [0.3, 0.4) is 0 Å². The molecule has 180 valence electrons. The van der Waals surface area contributed by atoms with Gasteiger partial charge in [0.1, 0.15) is 5.75 Å². The number of hydrogen-bond acceptors (Lipinski definition) is 6. The molecule has 0 aliphatic carbocycles. The first-order chi connectivity index (χ1) is 15.6. The van der Waals surface area contributed by atoms with Crippen LogP contribution in [0.5, 0.6) is 5.75 Å². The molecule has 2 aromatic carbocycles. The minimum atomic E-state index is -3.66. The third-order valence-corrected chi connectivity index (χ3v) is 8.36. The molecule has 0 fully saturated rings. The Morgan fingerprint density at radius 1 is 1.18 bits per heavy atom. The number of rotatable bonds is 9. The summed E-state index contributed by atoms with van der Waals surface area (Å²) >= 11 is 0. The van der Waals surface area contributed by atoms with Crippen LogP contribution in [-0.2, 0) is 14.6 Å². The Morgan fingerprint density at radius 2 is 1.88 bits per heavy atom. The Labute approximate surface area is 196 Å². The maximum Gasteiger partial charge on any atom is 0.341 e. The Balaban J connectivity index is 2.27. The molecule has 3 rings (SSSR count). The normalized spacial score (nSPS) is 19.5. The third kappa shape index (κ3) is 5.43. The lowest BCUT2D eigenvalue weighted by Gasteiger charge is -2.36. The number of aliphatic carboxylic acids is 1. The van der Waals surface area contributed by atoms with Gasteiger partial charge in [0.05, 0.1) is 22.0 Å². The lowest BCUT2D eigenvalue weighted by Crippen LogP contribution is -2.37. The van der Waals surface area contributed by atoms with Crippen LogP contribution in [0.1, 0.15) is 39.5 Å². The van der Waals surface area contributed by atoms with E-state index in [-0.39, 0.29) is 16.4 Å². The molecule has 1 aliphatic heterocycles. The fourth-order valence-corrected chi connectivity index (χ4v) is 6.66. The molecule has 0 unspecified atom stereocenters. The number of unbranched alkanes of at least 4 members (excludes halogenated alkanes) is 1. The highest BCUT2D eigenvalue weighted by Crippen LogP contribution is 2.47. The van der Waals surface area contributed by atoms with E-state index in [9.17, 15) is 13.2 Å². The van der Waals surface area contributed by atoms with Crippen LogP contribution in [0.25, 0.3) is 0 Å². The average Bonchev–Trinajstić information content (AvgIpc) is 2.88. The van der Waals surface area contributed by atoms with Crippen molar-refractivity contribution in [1.29, 1.82) is 0 Å². The number of hydrogen-bond donors (Lipinski definition) is 1. The van der Waals surface area contributed by atoms with Crippen molar-refractivity contribution < 1.29 is 23.1 Å². The second-order valence-electron chi connectivity index (χ2n) is 9.00. The van der Waals surface area contributed by atoms with Gasteiger partial charge in [-0.25, -0.2) is 13.2 Å². The van der Waals surface area contributed by atoms with Crippen molar-refractivity contribution >= 4 is 32.9 Å². The van der Waals surface area contributed by atoms with Crippen LogP contribution in [0.4, 0.5) is 17.1 Å². The molecule has 1 atom stereocenters. The number of para-hydroxylation sites is 1. The van der Waals surface area contributed by atoms with Crippen molar-refractivity contribution in [2.45, 2.75) is 44.4 Å². The molecule has 1 N–H and O–H groups in total. The molecule has 0 saturated carbocycles. The van der Waals surface area contributed by atoms with Crippen LogP contribution < -0.4 is 14.5 Å². The fourth-order valence-electron chi connectivity index (χ4n) is 4.48. The Kier molecular flexibility index (Phi) is 7.57. The van der Waals surface area contributed by atoms with E-state index in [1.807, 2.05) is 55.4 Å². The lowest BCUT2D eigenvalue weighted by atomic mass is 9.81. The van der Waals surface area contributed by atoms with Crippen molar-refractivity contribution in [3.8, 4) is 5.75 Å². The summed E-state index contributed by atoms with van der Waals surface area (Å²) in [5, 5.41) is 9.10. The molecule has 7 nitrogen and oxygen atoms in total. The second-order valence-corrected chi connectivity index (χ2v) is 11.0. The quantitative estimate of drug-likeness (QED) is 0.562. The Hall–Kier alpha value is -2.74. The summed E-state index contributed by atoms with van der Waals surface area (Å²) in [4.78, 5) is 15.2. The first kappa shape index (κ1) is 24.9. The molecular weight excluding hydrogens is 440 g/mol. The van der Waals surface area contributed by atoms with Crippen LogP contribution in [-0.4, -0.2) is 52.5 Å². The van der Waals surface area contributed by atoms with Crippen LogP contribution in [0.2, 0.25) is 0 Å². The third-order valence-electron chi connectivity index (χ3n) is 6.37. The number of ether oxygens (including phenoxy) is 1. The first-order valence-corrected chi connectivity index (χ1v) is 13.0. The van der Waals surface area contributed by atoms with Gasteiger partial charge in [0, 0.05) is 37.8 Å². The molecule has 0 bridgehead atoms. The summed E-state index contributed by atoms with van der Waals surface area (Å²) in [6, 6.07) is 13.1. The van der Waals surface area contributed by atoms with E-state index in [0.29, 0.717) is 17.9 Å². The van der Waals surface area contributed by atoms with E-state index < -0.39 is 27.8 Å². The number of fused-ring (bicyclic) bond motifs is 1. The van der Waals surface area contributed by atoms with Gasteiger partial charge in [-0.1, -0.05) is 44.9 Å². The van der Waals surface area contributed by atoms with E-state index in [4.69, 9.17) is 9.84 Å². The van der Waals surface area contributed by atoms with Gasteiger partial charge in [-0.15, -0.1) is 0 Å². The van der Waals surface area contributed by atoms with Gasteiger partial charge in [0.25, 0.3) is 0 Å². The highest BCUT2D eigenvalue weighted by molar-refractivity contribution is 7.91. The topological polar surface area (TPSA) is 87.2 Å². The minimum Gasteiger partial charge on any atom is -0.480 e. The second kappa shape index (κ2) is 10.0. The number of carboxylic acids is 1. The number of sulfone groups is 1.